The quantitative estimate of drug-likeness (QED) is 0.538. The molecule has 0 aromatic rings. The van der Waals surface area contributed by atoms with Gasteiger partial charge in [-0.2, -0.15) is 8.78 Å². The van der Waals surface area contributed by atoms with Gasteiger partial charge in [-0.1, -0.05) is 12.8 Å². The van der Waals surface area contributed by atoms with Gasteiger partial charge >= 0.3 is 11.2 Å². The molecule has 0 heterocycles. The molecule has 24 heavy (non-hydrogen) atoms. The van der Waals surface area contributed by atoms with Crippen molar-refractivity contribution in [1.82, 2.24) is 0 Å². The third-order valence-corrected chi connectivity index (χ3v) is 5.97. The summed E-state index contributed by atoms with van der Waals surface area (Å²) in [5, 5.41) is 5.41. The van der Waals surface area contributed by atoms with Gasteiger partial charge < -0.3 is 14.4 Å². The molecule has 0 bridgehead atoms. The van der Waals surface area contributed by atoms with E-state index in [-0.39, 0.29) is 5.92 Å². The molecule has 0 radical (unpaired) electrons. The molecule has 1 N–H and O–H groups in total. The number of hydrogen-bond acceptors (Lipinski definition) is 6. The van der Waals surface area contributed by atoms with Gasteiger partial charge in [-0.25, -0.2) is 12.8 Å². The standard InChI is InChI=1S/C14H21F3O6S/c15-11(14(16,17)24(20,21)22)5-8-23-12(18)9-3-4-10(9)13(19)6-1-2-7-13/h9-11,19H,1-8H2,(H,20,21,22)/p-1. The topological polar surface area (TPSA) is 104 Å². The van der Waals surface area contributed by atoms with Crippen LogP contribution in [-0.2, 0) is 19.6 Å². The lowest BCUT2D eigenvalue weighted by atomic mass is 9.64. The molecule has 3 atom stereocenters. The number of carbonyl (C=O) groups excluding carboxylic acids is 1. The second-order valence-electron chi connectivity index (χ2n) is 6.54. The highest BCUT2D eigenvalue weighted by Gasteiger charge is 2.51. The summed E-state index contributed by atoms with van der Waals surface area (Å²) in [5.41, 5.74) is -0.909. The number of halogens is 3. The highest BCUT2D eigenvalue weighted by atomic mass is 32.2. The zero-order chi connectivity index (χ0) is 18.2. The third kappa shape index (κ3) is 3.70. The Hall–Kier alpha value is -0.870. The van der Waals surface area contributed by atoms with Crippen LogP contribution in [-0.4, -0.2) is 47.7 Å². The lowest BCUT2D eigenvalue weighted by molar-refractivity contribution is -0.165. The molecule has 2 aliphatic carbocycles. The van der Waals surface area contributed by atoms with E-state index in [4.69, 9.17) is 4.74 Å². The summed E-state index contributed by atoms with van der Waals surface area (Å²) < 4.78 is 74.8. The minimum absolute atomic E-state index is 0.253. The van der Waals surface area contributed by atoms with E-state index in [0.29, 0.717) is 25.7 Å². The zero-order valence-electron chi connectivity index (χ0n) is 12.9. The van der Waals surface area contributed by atoms with Crippen LogP contribution in [0.5, 0.6) is 0 Å². The van der Waals surface area contributed by atoms with Gasteiger partial charge in [0, 0.05) is 12.3 Å². The number of carbonyl (C=O) groups is 1. The molecule has 10 heteroatoms. The van der Waals surface area contributed by atoms with E-state index in [9.17, 15) is 36.0 Å². The third-order valence-electron chi connectivity index (χ3n) is 5.05. The lowest BCUT2D eigenvalue weighted by Crippen LogP contribution is -2.48. The molecule has 3 unspecified atom stereocenters. The number of rotatable bonds is 7. The van der Waals surface area contributed by atoms with Crippen LogP contribution in [0.25, 0.3) is 0 Å². The van der Waals surface area contributed by atoms with E-state index >= 15 is 0 Å². The Morgan fingerprint density at radius 2 is 1.92 bits per heavy atom. The van der Waals surface area contributed by atoms with Gasteiger partial charge in [0.1, 0.15) is 0 Å². The molecule has 140 valence electrons. The second kappa shape index (κ2) is 6.80. The molecule has 2 rings (SSSR count). The molecule has 2 fully saturated rings. The Kier molecular flexibility index (Phi) is 5.51. The fourth-order valence-corrected chi connectivity index (χ4v) is 3.91. The summed E-state index contributed by atoms with van der Waals surface area (Å²) in [6, 6.07) is 0. The largest absolute Gasteiger partial charge is 0.743 e. The summed E-state index contributed by atoms with van der Waals surface area (Å²) in [4.78, 5) is 11.9. The molecular formula is C14H20F3O6S-. The van der Waals surface area contributed by atoms with Crippen molar-refractivity contribution in [3.63, 3.8) is 0 Å². The Morgan fingerprint density at radius 3 is 2.38 bits per heavy atom. The van der Waals surface area contributed by atoms with Crippen LogP contribution in [0.4, 0.5) is 13.2 Å². The first kappa shape index (κ1) is 19.5. The minimum atomic E-state index is -6.12. The summed E-state index contributed by atoms with van der Waals surface area (Å²) >= 11 is 0. The van der Waals surface area contributed by atoms with Crippen LogP contribution < -0.4 is 0 Å². The van der Waals surface area contributed by atoms with Crippen molar-refractivity contribution in [2.45, 2.75) is 62.0 Å². The van der Waals surface area contributed by atoms with Crippen LogP contribution in [0.15, 0.2) is 0 Å². The van der Waals surface area contributed by atoms with Crippen LogP contribution in [0, 0.1) is 11.8 Å². The molecule has 0 saturated heterocycles. The highest BCUT2D eigenvalue weighted by Crippen LogP contribution is 2.49. The Morgan fingerprint density at radius 1 is 1.33 bits per heavy atom. The van der Waals surface area contributed by atoms with Gasteiger partial charge in [0.25, 0.3) is 0 Å². The Balaban J connectivity index is 1.82. The second-order valence-corrected chi connectivity index (χ2v) is 7.99. The van der Waals surface area contributed by atoms with Gasteiger partial charge in [-0.3, -0.25) is 4.79 Å². The first-order valence-corrected chi connectivity index (χ1v) is 9.26. The normalized spacial score (nSPS) is 28.2. The molecule has 0 spiro atoms. The lowest BCUT2D eigenvalue weighted by Gasteiger charge is -2.44. The SMILES string of the molecule is O=C(OCCC(F)C(F)(F)S(=O)(=O)[O-])C1CCC1C1(O)CCCC1. The molecule has 6 nitrogen and oxygen atoms in total. The van der Waals surface area contributed by atoms with Crippen LogP contribution in [0.2, 0.25) is 0 Å². The number of alkyl halides is 3. The van der Waals surface area contributed by atoms with Gasteiger partial charge in [-0.05, 0) is 25.7 Å². The molecule has 0 aliphatic heterocycles. The van der Waals surface area contributed by atoms with Gasteiger partial charge in [0.2, 0.25) is 0 Å². The van der Waals surface area contributed by atoms with Gasteiger partial charge in [0.15, 0.2) is 16.3 Å². The maximum atomic E-state index is 13.2. The van der Waals surface area contributed by atoms with Crippen molar-refractivity contribution in [3.05, 3.63) is 0 Å². The summed E-state index contributed by atoms with van der Waals surface area (Å²) in [6.45, 7) is -0.757. The average molecular weight is 373 g/mol. The summed E-state index contributed by atoms with van der Waals surface area (Å²) in [7, 11) is -6.12. The first-order valence-electron chi connectivity index (χ1n) is 7.85. The van der Waals surface area contributed by atoms with E-state index in [0.717, 1.165) is 12.8 Å². The molecule has 2 saturated carbocycles. The number of hydrogen-bond donors (Lipinski definition) is 1. The fourth-order valence-electron chi connectivity index (χ4n) is 3.48. The predicted octanol–water partition coefficient (Wildman–Crippen LogP) is 1.73. The summed E-state index contributed by atoms with van der Waals surface area (Å²) in [5.74, 6) is -1.53. The molecule has 2 aliphatic rings. The van der Waals surface area contributed by atoms with Gasteiger partial charge in [-0.15, -0.1) is 0 Å². The van der Waals surface area contributed by atoms with E-state index in [1.807, 2.05) is 0 Å². The van der Waals surface area contributed by atoms with Crippen molar-refractivity contribution >= 4 is 16.1 Å². The Bertz CT molecular complexity index is 573. The number of esters is 1. The van der Waals surface area contributed by atoms with Crippen molar-refractivity contribution in [1.29, 1.82) is 0 Å². The number of aliphatic hydroxyl groups is 1. The summed E-state index contributed by atoms with van der Waals surface area (Å²) in [6.07, 6.45) is -0.243. The van der Waals surface area contributed by atoms with Crippen LogP contribution in [0.1, 0.15) is 44.9 Å². The maximum Gasteiger partial charge on any atom is 0.364 e. The van der Waals surface area contributed by atoms with E-state index < -0.39 is 52.1 Å². The molecule has 0 aromatic carbocycles. The highest BCUT2D eigenvalue weighted by molar-refractivity contribution is 7.86. The average Bonchev–Trinajstić information content (AvgIpc) is 2.82. The molecule has 0 aromatic heterocycles. The first-order chi connectivity index (χ1) is 11.0. The zero-order valence-corrected chi connectivity index (χ0v) is 13.7. The predicted molar refractivity (Wildman–Crippen MR) is 74.7 cm³/mol. The van der Waals surface area contributed by atoms with Crippen molar-refractivity contribution < 1.29 is 40.8 Å². The van der Waals surface area contributed by atoms with Crippen LogP contribution in [0.3, 0.4) is 0 Å². The van der Waals surface area contributed by atoms with Crippen molar-refractivity contribution in [2.24, 2.45) is 11.8 Å². The van der Waals surface area contributed by atoms with Crippen molar-refractivity contribution in [2.75, 3.05) is 6.61 Å². The maximum absolute atomic E-state index is 13.2. The Labute approximate surface area is 138 Å². The van der Waals surface area contributed by atoms with E-state index in [2.05, 4.69) is 0 Å². The van der Waals surface area contributed by atoms with Gasteiger partial charge in [0.05, 0.1) is 18.1 Å². The molecule has 0 amide bonds. The van der Waals surface area contributed by atoms with Crippen LogP contribution >= 0.6 is 0 Å². The monoisotopic (exact) mass is 373 g/mol. The molecular weight excluding hydrogens is 353 g/mol. The smallest absolute Gasteiger partial charge is 0.364 e. The van der Waals surface area contributed by atoms with Crippen molar-refractivity contribution in [3.8, 4) is 0 Å². The minimum Gasteiger partial charge on any atom is -0.743 e. The fraction of sp³-hybridized carbons (Fsp3) is 0.929. The number of ether oxygens (including phenoxy) is 1. The van der Waals surface area contributed by atoms with E-state index in [1.54, 1.807) is 0 Å². The van der Waals surface area contributed by atoms with E-state index in [1.165, 1.54) is 0 Å².